The zero-order valence-electron chi connectivity index (χ0n) is 18.0. The van der Waals surface area contributed by atoms with Crippen molar-refractivity contribution in [1.82, 2.24) is 4.90 Å². The van der Waals surface area contributed by atoms with Crippen molar-refractivity contribution in [2.45, 2.75) is 6.54 Å². The molecule has 1 aliphatic heterocycles. The maximum atomic E-state index is 13.1. The second-order valence-electron chi connectivity index (χ2n) is 7.68. The van der Waals surface area contributed by atoms with Crippen LogP contribution in [-0.2, 0) is 11.3 Å². The van der Waals surface area contributed by atoms with Crippen molar-refractivity contribution in [2.75, 3.05) is 0 Å². The molecule has 2 amide bonds. The number of phenolic OH excluding ortho intramolecular Hbond substituents is 1. The second kappa shape index (κ2) is 9.33. The van der Waals surface area contributed by atoms with E-state index in [1.54, 1.807) is 12.1 Å². The van der Waals surface area contributed by atoms with Crippen molar-refractivity contribution in [3.63, 3.8) is 0 Å². The summed E-state index contributed by atoms with van der Waals surface area (Å²) in [6, 6.07) is 27.7. The molecule has 1 saturated heterocycles. The predicted octanol–water partition coefficient (Wildman–Crippen LogP) is 7.20. The predicted molar refractivity (Wildman–Crippen MR) is 134 cm³/mol. The van der Waals surface area contributed by atoms with Gasteiger partial charge in [-0.15, -0.1) is 0 Å². The molecule has 4 aromatic rings. The van der Waals surface area contributed by atoms with Crippen molar-refractivity contribution in [2.24, 2.45) is 10.2 Å². The molecule has 166 valence electrons. The highest BCUT2D eigenvalue weighted by Crippen LogP contribution is 2.36. The van der Waals surface area contributed by atoms with E-state index >= 15 is 0 Å². The van der Waals surface area contributed by atoms with Gasteiger partial charge in [-0.05, 0) is 64.5 Å². The third-order valence-electron chi connectivity index (χ3n) is 5.42. The van der Waals surface area contributed by atoms with Crippen molar-refractivity contribution < 1.29 is 14.7 Å². The van der Waals surface area contributed by atoms with Gasteiger partial charge < -0.3 is 5.11 Å². The molecule has 7 heteroatoms. The molecule has 0 radical (unpaired) electrons. The fourth-order valence-electron chi connectivity index (χ4n) is 3.71. The quantitative estimate of drug-likeness (QED) is 0.250. The fourth-order valence-corrected chi connectivity index (χ4v) is 4.54. The lowest BCUT2D eigenvalue weighted by Crippen LogP contribution is -2.27. The molecule has 0 bridgehead atoms. The fraction of sp³-hybridized carbons (Fsp3) is 0.0370. The molecule has 1 N–H and O–H groups in total. The molecule has 0 unspecified atom stereocenters. The van der Waals surface area contributed by atoms with Gasteiger partial charge in [0.1, 0.15) is 5.75 Å². The minimum Gasteiger partial charge on any atom is -0.507 e. The van der Waals surface area contributed by atoms with E-state index in [0.717, 1.165) is 28.1 Å². The van der Waals surface area contributed by atoms with Crippen LogP contribution in [0.2, 0.25) is 0 Å². The van der Waals surface area contributed by atoms with Gasteiger partial charge in [-0.25, -0.2) is 0 Å². The normalized spacial score (nSPS) is 15.2. The molecule has 4 aromatic carbocycles. The first kappa shape index (κ1) is 21.6. The maximum absolute atomic E-state index is 13.1. The molecule has 0 spiro atoms. The van der Waals surface area contributed by atoms with Gasteiger partial charge in [0.25, 0.3) is 11.1 Å². The summed E-state index contributed by atoms with van der Waals surface area (Å²) in [6.45, 7) is 0.181. The Labute approximate surface area is 200 Å². The number of fused-ring (bicyclic) bond motifs is 1. The van der Waals surface area contributed by atoms with Gasteiger partial charge in [0, 0.05) is 5.56 Å². The highest BCUT2D eigenvalue weighted by molar-refractivity contribution is 8.18. The molecule has 1 aliphatic rings. The van der Waals surface area contributed by atoms with Crippen molar-refractivity contribution in [3.05, 3.63) is 107 Å². The summed E-state index contributed by atoms with van der Waals surface area (Å²) in [7, 11) is 0. The topological polar surface area (TPSA) is 82.3 Å². The van der Waals surface area contributed by atoms with E-state index in [0.29, 0.717) is 16.9 Å². The van der Waals surface area contributed by atoms with Gasteiger partial charge in [0.05, 0.1) is 22.8 Å². The molecule has 1 heterocycles. The number of amides is 2. The van der Waals surface area contributed by atoms with E-state index in [2.05, 4.69) is 10.2 Å². The number of carbonyl (C=O) groups excluding carboxylic acids is 2. The van der Waals surface area contributed by atoms with Crippen LogP contribution in [0.25, 0.3) is 16.8 Å². The Morgan fingerprint density at radius 2 is 1.56 bits per heavy atom. The van der Waals surface area contributed by atoms with Gasteiger partial charge in [-0.3, -0.25) is 14.5 Å². The molecule has 0 aliphatic carbocycles. The van der Waals surface area contributed by atoms with Crippen LogP contribution >= 0.6 is 11.8 Å². The van der Waals surface area contributed by atoms with Crippen LogP contribution in [0.1, 0.15) is 11.1 Å². The molecule has 0 aromatic heterocycles. The third-order valence-corrected chi connectivity index (χ3v) is 6.32. The average Bonchev–Trinajstić information content (AvgIpc) is 3.12. The molecule has 5 rings (SSSR count). The number of hydrogen-bond acceptors (Lipinski definition) is 6. The Hall–Kier alpha value is -4.23. The molecular weight excluding hydrogens is 446 g/mol. The first-order chi connectivity index (χ1) is 16.6. The van der Waals surface area contributed by atoms with Crippen LogP contribution in [0.4, 0.5) is 16.2 Å². The molecule has 0 saturated carbocycles. The van der Waals surface area contributed by atoms with Crippen LogP contribution in [0.15, 0.2) is 106 Å². The average molecular weight is 466 g/mol. The van der Waals surface area contributed by atoms with Crippen LogP contribution in [0.3, 0.4) is 0 Å². The van der Waals surface area contributed by atoms with Gasteiger partial charge in [0.15, 0.2) is 0 Å². The summed E-state index contributed by atoms with van der Waals surface area (Å²) in [5, 5.41) is 20.4. The molecular formula is C27H19N3O3S. The van der Waals surface area contributed by atoms with Crippen LogP contribution in [-0.4, -0.2) is 21.2 Å². The second-order valence-corrected chi connectivity index (χ2v) is 8.68. The number of nitrogens with zero attached hydrogens (tertiary/aromatic N) is 3. The number of benzene rings is 4. The Balaban J connectivity index is 1.40. The largest absolute Gasteiger partial charge is 0.507 e. The summed E-state index contributed by atoms with van der Waals surface area (Å²) in [5.74, 6) is -0.404. The van der Waals surface area contributed by atoms with E-state index in [4.69, 9.17) is 0 Å². The Kier molecular flexibility index (Phi) is 5.93. The number of imide groups is 1. The lowest BCUT2D eigenvalue weighted by Gasteiger charge is -2.14. The summed E-state index contributed by atoms with van der Waals surface area (Å²) in [6.07, 6.45) is 1.52. The number of aromatic hydroxyl groups is 1. The Morgan fingerprint density at radius 3 is 2.41 bits per heavy atom. The van der Waals surface area contributed by atoms with Gasteiger partial charge >= 0.3 is 0 Å². The maximum Gasteiger partial charge on any atom is 0.293 e. The monoisotopic (exact) mass is 465 g/mol. The number of thioether (sulfide) groups is 1. The number of hydrogen-bond donors (Lipinski definition) is 1. The van der Waals surface area contributed by atoms with Gasteiger partial charge in [-0.2, -0.15) is 10.2 Å². The number of phenols is 1. The highest BCUT2D eigenvalue weighted by Gasteiger charge is 2.35. The number of rotatable bonds is 5. The molecule has 1 fully saturated rings. The Bertz CT molecular complexity index is 1460. The van der Waals surface area contributed by atoms with Crippen molar-refractivity contribution in [1.29, 1.82) is 0 Å². The number of azo groups is 1. The van der Waals surface area contributed by atoms with E-state index in [1.165, 1.54) is 17.0 Å². The zero-order chi connectivity index (χ0) is 23.5. The van der Waals surface area contributed by atoms with Crippen LogP contribution in [0, 0.1) is 0 Å². The number of carbonyl (C=O) groups is 2. The smallest absolute Gasteiger partial charge is 0.293 e. The minimum absolute atomic E-state index is 0.0143. The van der Waals surface area contributed by atoms with E-state index in [-0.39, 0.29) is 22.4 Å². The summed E-state index contributed by atoms with van der Waals surface area (Å²) in [5.41, 5.74) is 2.50. The highest BCUT2D eigenvalue weighted by atomic mass is 32.2. The minimum atomic E-state index is -0.390. The summed E-state index contributed by atoms with van der Waals surface area (Å²) < 4.78 is 0. The SMILES string of the molecule is O=C1S/C(=C\c2cc(N=Nc3ccccc3)ccc2O)C(=O)N1Cc1cccc2ccccc12. The zero-order valence-corrected chi connectivity index (χ0v) is 18.8. The summed E-state index contributed by atoms with van der Waals surface area (Å²) in [4.78, 5) is 27.2. The van der Waals surface area contributed by atoms with E-state index in [9.17, 15) is 14.7 Å². The first-order valence-corrected chi connectivity index (χ1v) is 11.4. The van der Waals surface area contributed by atoms with E-state index < -0.39 is 5.91 Å². The van der Waals surface area contributed by atoms with Crippen LogP contribution < -0.4 is 0 Å². The molecule has 6 nitrogen and oxygen atoms in total. The lowest BCUT2D eigenvalue weighted by atomic mass is 10.0. The van der Waals surface area contributed by atoms with Crippen LogP contribution in [0.5, 0.6) is 5.75 Å². The van der Waals surface area contributed by atoms with Gasteiger partial charge in [0.2, 0.25) is 0 Å². The third kappa shape index (κ3) is 4.46. The molecule has 34 heavy (non-hydrogen) atoms. The van der Waals surface area contributed by atoms with E-state index in [1.807, 2.05) is 72.8 Å². The van der Waals surface area contributed by atoms with Crippen molar-refractivity contribution >= 4 is 51.1 Å². The Morgan fingerprint density at radius 1 is 0.824 bits per heavy atom. The van der Waals surface area contributed by atoms with Crippen molar-refractivity contribution in [3.8, 4) is 5.75 Å². The standard InChI is InChI=1S/C27H19N3O3S/c31-24-14-13-22(29-28-21-10-2-1-3-11-21)15-20(24)16-25-26(32)30(27(33)34-25)17-19-9-6-8-18-7-4-5-12-23(18)19/h1-16,31H,17H2/b25-16-,29-28?. The molecule has 0 atom stereocenters. The first-order valence-electron chi connectivity index (χ1n) is 10.6. The summed E-state index contributed by atoms with van der Waals surface area (Å²) >= 11 is 0.859. The lowest BCUT2D eigenvalue weighted by molar-refractivity contribution is -0.123. The van der Waals surface area contributed by atoms with Gasteiger partial charge in [-0.1, -0.05) is 60.7 Å².